The number of carbonyl (C=O) groups is 1. The third kappa shape index (κ3) is 3.58. The van der Waals surface area contributed by atoms with Crippen molar-refractivity contribution in [1.29, 1.82) is 0 Å². The molecule has 0 aliphatic rings. The van der Waals surface area contributed by atoms with Gasteiger partial charge in [-0.2, -0.15) is 0 Å². The van der Waals surface area contributed by atoms with Crippen molar-refractivity contribution in [2.45, 2.75) is 20.0 Å². The standard InChI is InChI=1S/C16H19NO4S/c1-10-7-13(16(18)19)22-14(10)9-17-8-11-5-4-6-12(20-2)15(11)21-3/h4-7,17H,8-9H2,1-3H3,(H,18,19). The molecule has 0 aliphatic carbocycles. The number of benzene rings is 1. The molecule has 0 saturated carbocycles. The van der Waals surface area contributed by atoms with E-state index in [1.54, 1.807) is 20.3 Å². The molecule has 22 heavy (non-hydrogen) atoms. The van der Waals surface area contributed by atoms with Crippen LogP contribution in [0.3, 0.4) is 0 Å². The van der Waals surface area contributed by atoms with Crippen molar-refractivity contribution in [1.82, 2.24) is 5.32 Å². The van der Waals surface area contributed by atoms with Gasteiger partial charge in [0.1, 0.15) is 4.88 Å². The molecule has 0 fully saturated rings. The molecule has 0 aliphatic heterocycles. The SMILES string of the molecule is COc1cccc(CNCc2sc(C(=O)O)cc2C)c1OC. The first-order chi connectivity index (χ1) is 10.6. The smallest absolute Gasteiger partial charge is 0.345 e. The Labute approximate surface area is 133 Å². The summed E-state index contributed by atoms with van der Waals surface area (Å²) >= 11 is 1.30. The lowest BCUT2D eigenvalue weighted by Crippen LogP contribution is -2.13. The predicted octanol–water partition coefficient (Wildman–Crippen LogP) is 3.06. The van der Waals surface area contributed by atoms with E-state index in [-0.39, 0.29) is 0 Å². The first-order valence-electron chi connectivity index (χ1n) is 6.80. The molecule has 0 bridgehead atoms. The number of ether oxygens (including phenoxy) is 2. The zero-order valence-electron chi connectivity index (χ0n) is 12.8. The van der Waals surface area contributed by atoms with Crippen LogP contribution in [0.25, 0.3) is 0 Å². The molecule has 1 heterocycles. The average Bonchev–Trinajstić information content (AvgIpc) is 2.88. The number of hydrogen-bond acceptors (Lipinski definition) is 5. The highest BCUT2D eigenvalue weighted by atomic mass is 32.1. The number of para-hydroxylation sites is 1. The Kier molecular flexibility index (Phi) is 5.41. The Morgan fingerprint density at radius 1 is 1.27 bits per heavy atom. The van der Waals surface area contributed by atoms with Gasteiger partial charge < -0.3 is 19.9 Å². The third-order valence-electron chi connectivity index (χ3n) is 3.32. The summed E-state index contributed by atoms with van der Waals surface area (Å²) in [6.45, 7) is 3.15. The van der Waals surface area contributed by atoms with Crippen molar-refractivity contribution in [3.05, 3.63) is 45.1 Å². The summed E-state index contributed by atoms with van der Waals surface area (Å²) < 4.78 is 10.7. The molecule has 0 unspecified atom stereocenters. The zero-order chi connectivity index (χ0) is 16.1. The predicted molar refractivity (Wildman–Crippen MR) is 86.1 cm³/mol. The van der Waals surface area contributed by atoms with Crippen LogP contribution in [0.15, 0.2) is 24.3 Å². The molecule has 0 spiro atoms. The van der Waals surface area contributed by atoms with Crippen LogP contribution in [-0.4, -0.2) is 25.3 Å². The Morgan fingerprint density at radius 3 is 2.64 bits per heavy atom. The van der Waals surface area contributed by atoms with Gasteiger partial charge in [-0.05, 0) is 24.6 Å². The molecular weight excluding hydrogens is 302 g/mol. The summed E-state index contributed by atoms with van der Waals surface area (Å²) in [5.74, 6) is 0.530. The van der Waals surface area contributed by atoms with Crippen LogP contribution in [0, 0.1) is 6.92 Å². The van der Waals surface area contributed by atoms with Crippen molar-refractivity contribution in [3.63, 3.8) is 0 Å². The van der Waals surface area contributed by atoms with Gasteiger partial charge in [0.25, 0.3) is 0 Å². The van der Waals surface area contributed by atoms with Crippen molar-refractivity contribution < 1.29 is 19.4 Å². The van der Waals surface area contributed by atoms with E-state index >= 15 is 0 Å². The molecule has 2 rings (SSSR count). The highest BCUT2D eigenvalue weighted by molar-refractivity contribution is 7.14. The second-order valence-electron chi connectivity index (χ2n) is 4.78. The van der Waals surface area contributed by atoms with E-state index in [0.717, 1.165) is 16.0 Å². The maximum Gasteiger partial charge on any atom is 0.345 e. The van der Waals surface area contributed by atoms with Gasteiger partial charge in [0.2, 0.25) is 0 Å². The van der Waals surface area contributed by atoms with Gasteiger partial charge in [0, 0.05) is 23.5 Å². The van der Waals surface area contributed by atoms with Gasteiger partial charge in [-0.1, -0.05) is 12.1 Å². The summed E-state index contributed by atoms with van der Waals surface area (Å²) in [5, 5.41) is 12.3. The summed E-state index contributed by atoms with van der Waals surface area (Å²) in [7, 11) is 3.22. The third-order valence-corrected chi connectivity index (χ3v) is 4.54. The second kappa shape index (κ2) is 7.29. The molecule has 0 atom stereocenters. The quantitative estimate of drug-likeness (QED) is 0.820. The van der Waals surface area contributed by atoms with Crippen LogP contribution >= 0.6 is 11.3 Å². The van der Waals surface area contributed by atoms with Gasteiger partial charge in [-0.25, -0.2) is 4.79 Å². The lowest BCUT2D eigenvalue weighted by atomic mass is 10.2. The van der Waals surface area contributed by atoms with E-state index in [1.165, 1.54) is 11.3 Å². The molecule has 0 saturated heterocycles. The summed E-state index contributed by atoms with van der Waals surface area (Å²) in [6.07, 6.45) is 0. The number of aromatic carboxylic acids is 1. The fraction of sp³-hybridized carbons (Fsp3) is 0.312. The first kappa shape index (κ1) is 16.3. The van der Waals surface area contributed by atoms with Gasteiger partial charge in [0.15, 0.2) is 11.5 Å². The second-order valence-corrected chi connectivity index (χ2v) is 5.91. The number of carboxylic acids is 1. The highest BCUT2D eigenvalue weighted by Crippen LogP contribution is 2.30. The fourth-order valence-corrected chi connectivity index (χ4v) is 3.19. The first-order valence-corrected chi connectivity index (χ1v) is 7.61. The normalized spacial score (nSPS) is 10.5. The Bertz CT molecular complexity index is 666. The lowest BCUT2D eigenvalue weighted by molar-refractivity contribution is 0.0702. The van der Waals surface area contributed by atoms with Crippen molar-refractivity contribution in [2.75, 3.05) is 14.2 Å². The van der Waals surface area contributed by atoms with Crippen molar-refractivity contribution in [3.8, 4) is 11.5 Å². The number of aryl methyl sites for hydroxylation is 1. The zero-order valence-corrected chi connectivity index (χ0v) is 13.6. The summed E-state index contributed by atoms with van der Waals surface area (Å²) in [4.78, 5) is 12.4. The largest absolute Gasteiger partial charge is 0.493 e. The Hall–Kier alpha value is -2.05. The van der Waals surface area contributed by atoms with E-state index in [1.807, 2.05) is 25.1 Å². The minimum absolute atomic E-state index is 0.369. The molecule has 2 aromatic rings. The molecule has 1 aromatic heterocycles. The maximum atomic E-state index is 11.0. The summed E-state index contributed by atoms with van der Waals surface area (Å²) in [6, 6.07) is 7.44. The number of hydrogen-bond donors (Lipinski definition) is 2. The van der Waals surface area contributed by atoms with Gasteiger partial charge in [-0.3, -0.25) is 0 Å². The van der Waals surface area contributed by atoms with Crippen LogP contribution in [-0.2, 0) is 13.1 Å². The van der Waals surface area contributed by atoms with E-state index in [4.69, 9.17) is 14.6 Å². The molecule has 0 radical (unpaired) electrons. The van der Waals surface area contributed by atoms with Gasteiger partial charge in [-0.15, -0.1) is 11.3 Å². The Morgan fingerprint density at radius 2 is 2.05 bits per heavy atom. The van der Waals surface area contributed by atoms with Crippen LogP contribution in [0.4, 0.5) is 0 Å². The van der Waals surface area contributed by atoms with Crippen LogP contribution in [0.5, 0.6) is 11.5 Å². The summed E-state index contributed by atoms with van der Waals surface area (Å²) in [5.41, 5.74) is 1.99. The fourth-order valence-electron chi connectivity index (χ4n) is 2.20. The van der Waals surface area contributed by atoms with Crippen LogP contribution < -0.4 is 14.8 Å². The van der Waals surface area contributed by atoms with E-state index in [0.29, 0.717) is 29.5 Å². The van der Waals surface area contributed by atoms with Crippen molar-refractivity contribution >= 4 is 17.3 Å². The minimum atomic E-state index is -0.881. The molecule has 2 N–H and O–H groups in total. The molecule has 0 amide bonds. The number of thiophene rings is 1. The average molecular weight is 321 g/mol. The minimum Gasteiger partial charge on any atom is -0.493 e. The maximum absolute atomic E-state index is 11.0. The molecule has 6 heteroatoms. The number of carboxylic acid groups (broad SMARTS) is 1. The van der Waals surface area contributed by atoms with E-state index in [2.05, 4.69) is 5.32 Å². The highest BCUT2D eigenvalue weighted by Gasteiger charge is 2.12. The number of methoxy groups -OCH3 is 2. The molecule has 1 aromatic carbocycles. The monoisotopic (exact) mass is 321 g/mol. The number of nitrogens with one attached hydrogen (secondary N) is 1. The Balaban J connectivity index is 2.04. The van der Waals surface area contributed by atoms with Crippen molar-refractivity contribution in [2.24, 2.45) is 0 Å². The van der Waals surface area contributed by atoms with Gasteiger partial charge >= 0.3 is 5.97 Å². The molecule has 5 nitrogen and oxygen atoms in total. The topological polar surface area (TPSA) is 67.8 Å². The van der Waals surface area contributed by atoms with Gasteiger partial charge in [0.05, 0.1) is 14.2 Å². The van der Waals surface area contributed by atoms with Crippen LogP contribution in [0.2, 0.25) is 0 Å². The van der Waals surface area contributed by atoms with Crippen LogP contribution in [0.1, 0.15) is 25.7 Å². The lowest BCUT2D eigenvalue weighted by Gasteiger charge is -2.13. The van der Waals surface area contributed by atoms with E-state index in [9.17, 15) is 4.79 Å². The van der Waals surface area contributed by atoms with E-state index < -0.39 is 5.97 Å². The molecular formula is C16H19NO4S. The number of rotatable bonds is 7. The molecule has 118 valence electrons.